The van der Waals surface area contributed by atoms with Crippen molar-refractivity contribution in [3.05, 3.63) is 65.2 Å². The van der Waals surface area contributed by atoms with Crippen LogP contribution in [0, 0.1) is 6.92 Å². The van der Waals surface area contributed by atoms with E-state index in [9.17, 15) is 18.0 Å². The smallest absolute Gasteiger partial charge is 0.324 e. The van der Waals surface area contributed by atoms with E-state index in [1.54, 1.807) is 6.07 Å². The molecule has 2 aromatic rings. The lowest BCUT2D eigenvalue weighted by Gasteiger charge is -2.37. The molecule has 1 fully saturated rings. The third-order valence-electron chi connectivity index (χ3n) is 5.40. The van der Waals surface area contributed by atoms with Crippen LogP contribution >= 0.6 is 0 Å². The second kappa shape index (κ2) is 8.97. The zero-order chi connectivity index (χ0) is 21.0. The maximum atomic E-state index is 12.9. The van der Waals surface area contributed by atoms with Crippen molar-refractivity contribution in [3.8, 4) is 0 Å². The molecule has 1 N–H and O–H groups in total. The highest BCUT2D eigenvalue weighted by Crippen LogP contribution is 2.29. The Labute approximate surface area is 169 Å². The average Bonchev–Trinajstić information content (AvgIpc) is 2.69. The van der Waals surface area contributed by atoms with Gasteiger partial charge in [0.05, 0.1) is 11.6 Å². The molecule has 3 rings (SSSR count). The molecular formula is C22H26F3N3O. The van der Waals surface area contributed by atoms with E-state index < -0.39 is 11.7 Å². The van der Waals surface area contributed by atoms with Crippen molar-refractivity contribution in [2.75, 3.05) is 31.5 Å². The topological polar surface area (TPSA) is 35.6 Å². The SMILES string of the molecule is Cc1ccccc1NC(=O)[C@@H](C)N1CCN(Cc2cccc(C(F)(F)F)c2)CC1. The Hall–Kier alpha value is -2.38. The zero-order valence-electron chi connectivity index (χ0n) is 16.7. The Balaban J connectivity index is 1.52. The molecule has 0 unspecified atom stereocenters. The molecule has 0 radical (unpaired) electrons. The van der Waals surface area contributed by atoms with Crippen molar-refractivity contribution in [1.82, 2.24) is 9.80 Å². The first-order valence-corrected chi connectivity index (χ1v) is 9.73. The van der Waals surface area contributed by atoms with Gasteiger partial charge in [-0.2, -0.15) is 13.2 Å². The monoisotopic (exact) mass is 405 g/mol. The van der Waals surface area contributed by atoms with Crippen molar-refractivity contribution in [1.29, 1.82) is 0 Å². The molecule has 1 aliphatic rings. The zero-order valence-corrected chi connectivity index (χ0v) is 16.7. The summed E-state index contributed by atoms with van der Waals surface area (Å²) in [5, 5.41) is 2.98. The van der Waals surface area contributed by atoms with E-state index in [4.69, 9.17) is 0 Å². The van der Waals surface area contributed by atoms with Crippen LogP contribution in [0.1, 0.15) is 23.6 Å². The number of anilines is 1. The molecule has 4 nitrogen and oxygen atoms in total. The minimum atomic E-state index is -4.32. The van der Waals surface area contributed by atoms with Crippen molar-refractivity contribution < 1.29 is 18.0 Å². The fraction of sp³-hybridized carbons (Fsp3) is 0.409. The number of amides is 1. The van der Waals surface area contributed by atoms with Gasteiger partial charge >= 0.3 is 6.18 Å². The van der Waals surface area contributed by atoms with Crippen LogP contribution in [-0.2, 0) is 17.5 Å². The lowest BCUT2D eigenvalue weighted by Crippen LogP contribution is -2.52. The molecule has 2 aromatic carbocycles. The summed E-state index contributed by atoms with van der Waals surface area (Å²) in [5.41, 5.74) is 1.86. The van der Waals surface area contributed by atoms with Crippen LogP contribution in [0.15, 0.2) is 48.5 Å². The summed E-state index contributed by atoms with van der Waals surface area (Å²) in [5.74, 6) is -0.0503. The normalized spacial score (nSPS) is 17.1. The highest BCUT2D eigenvalue weighted by molar-refractivity contribution is 5.95. The van der Waals surface area contributed by atoms with E-state index in [1.807, 2.05) is 38.1 Å². The van der Waals surface area contributed by atoms with Crippen LogP contribution in [0.25, 0.3) is 0 Å². The first-order valence-electron chi connectivity index (χ1n) is 9.73. The van der Waals surface area contributed by atoms with Crippen LogP contribution in [0.4, 0.5) is 18.9 Å². The summed E-state index contributed by atoms with van der Waals surface area (Å²) in [6, 6.07) is 12.9. The van der Waals surface area contributed by atoms with E-state index in [1.165, 1.54) is 12.1 Å². The Morgan fingerprint density at radius 2 is 1.76 bits per heavy atom. The molecule has 0 bridgehead atoms. The minimum Gasteiger partial charge on any atom is -0.324 e. The molecule has 0 aromatic heterocycles. The largest absolute Gasteiger partial charge is 0.416 e. The maximum Gasteiger partial charge on any atom is 0.416 e. The second-order valence-corrected chi connectivity index (χ2v) is 7.49. The minimum absolute atomic E-state index is 0.0503. The van der Waals surface area contributed by atoms with Crippen LogP contribution in [0.2, 0.25) is 0 Å². The lowest BCUT2D eigenvalue weighted by atomic mass is 10.1. The first-order chi connectivity index (χ1) is 13.7. The number of aryl methyl sites for hydroxylation is 1. The van der Waals surface area contributed by atoms with Crippen LogP contribution < -0.4 is 5.32 Å². The molecule has 1 amide bonds. The number of piperazine rings is 1. The van der Waals surface area contributed by atoms with Gasteiger partial charge in [-0.3, -0.25) is 14.6 Å². The maximum absolute atomic E-state index is 12.9. The van der Waals surface area contributed by atoms with Crippen molar-refractivity contribution in [2.45, 2.75) is 32.6 Å². The molecule has 156 valence electrons. The number of halogens is 3. The number of nitrogens with one attached hydrogen (secondary N) is 1. The molecule has 29 heavy (non-hydrogen) atoms. The highest BCUT2D eigenvalue weighted by Gasteiger charge is 2.31. The van der Waals surface area contributed by atoms with E-state index >= 15 is 0 Å². The number of rotatable bonds is 5. The predicted octanol–water partition coefficient (Wildman–Crippen LogP) is 4.16. The third kappa shape index (κ3) is 5.58. The third-order valence-corrected chi connectivity index (χ3v) is 5.40. The van der Waals surface area contributed by atoms with Gasteiger partial charge in [0.1, 0.15) is 0 Å². The molecule has 7 heteroatoms. The van der Waals surface area contributed by atoms with Crippen molar-refractivity contribution in [2.24, 2.45) is 0 Å². The first kappa shape index (κ1) is 21.3. The molecule has 0 saturated carbocycles. The fourth-order valence-corrected chi connectivity index (χ4v) is 3.53. The van der Waals surface area contributed by atoms with Gasteiger partial charge in [-0.1, -0.05) is 36.4 Å². The second-order valence-electron chi connectivity index (χ2n) is 7.49. The van der Waals surface area contributed by atoms with E-state index in [0.717, 1.165) is 17.3 Å². The Morgan fingerprint density at radius 3 is 2.41 bits per heavy atom. The summed E-state index contributed by atoms with van der Waals surface area (Å²) in [6.07, 6.45) is -4.32. The van der Waals surface area contributed by atoms with Crippen LogP contribution in [0.3, 0.4) is 0 Å². The number of hydrogen-bond acceptors (Lipinski definition) is 3. The van der Waals surface area contributed by atoms with Gasteiger partial charge in [0.2, 0.25) is 5.91 Å². The lowest BCUT2D eigenvalue weighted by molar-refractivity contribution is -0.137. The standard InChI is InChI=1S/C22H26F3N3O/c1-16-6-3-4-9-20(16)26-21(29)17(2)28-12-10-27(11-13-28)15-18-7-5-8-19(14-18)22(23,24)25/h3-9,14,17H,10-13,15H2,1-2H3,(H,26,29)/t17-/m1/s1. The van der Waals surface area contributed by atoms with E-state index in [-0.39, 0.29) is 11.9 Å². The highest BCUT2D eigenvalue weighted by atomic mass is 19.4. The van der Waals surface area contributed by atoms with Gasteiger partial charge < -0.3 is 5.32 Å². The number of nitrogens with zero attached hydrogens (tertiary/aromatic N) is 2. The molecule has 0 spiro atoms. The number of para-hydroxylation sites is 1. The number of hydrogen-bond donors (Lipinski definition) is 1. The number of benzene rings is 2. The van der Waals surface area contributed by atoms with Gasteiger partial charge in [-0.25, -0.2) is 0 Å². The number of alkyl halides is 3. The van der Waals surface area contributed by atoms with Gasteiger partial charge in [-0.15, -0.1) is 0 Å². The van der Waals surface area contributed by atoms with Crippen LogP contribution in [-0.4, -0.2) is 47.9 Å². The summed E-state index contributed by atoms with van der Waals surface area (Å²) in [6.45, 7) is 7.11. The number of carbonyl (C=O) groups is 1. The van der Waals surface area contributed by atoms with Crippen molar-refractivity contribution >= 4 is 11.6 Å². The summed E-state index contributed by atoms with van der Waals surface area (Å²) < 4.78 is 38.7. The van der Waals surface area contributed by atoms with Crippen molar-refractivity contribution in [3.63, 3.8) is 0 Å². The predicted molar refractivity (Wildman–Crippen MR) is 108 cm³/mol. The molecule has 1 heterocycles. The summed E-state index contributed by atoms with van der Waals surface area (Å²) in [7, 11) is 0. The van der Waals surface area contributed by atoms with Crippen LogP contribution in [0.5, 0.6) is 0 Å². The van der Waals surface area contributed by atoms with Gasteiger partial charge in [0.15, 0.2) is 0 Å². The summed E-state index contributed by atoms with van der Waals surface area (Å²) in [4.78, 5) is 16.8. The molecule has 1 saturated heterocycles. The molecule has 0 aliphatic carbocycles. The summed E-state index contributed by atoms with van der Waals surface area (Å²) >= 11 is 0. The van der Waals surface area contributed by atoms with Gasteiger partial charge in [0.25, 0.3) is 0 Å². The Kier molecular flexibility index (Phi) is 6.59. The molecular weight excluding hydrogens is 379 g/mol. The van der Waals surface area contributed by atoms with Gasteiger partial charge in [0, 0.05) is 38.4 Å². The Bertz CT molecular complexity index is 845. The number of carbonyl (C=O) groups excluding carboxylic acids is 1. The fourth-order valence-electron chi connectivity index (χ4n) is 3.53. The average molecular weight is 405 g/mol. The van der Waals surface area contributed by atoms with E-state index in [0.29, 0.717) is 38.3 Å². The molecule has 1 aliphatic heterocycles. The van der Waals surface area contributed by atoms with Gasteiger partial charge in [-0.05, 0) is 37.1 Å². The Morgan fingerprint density at radius 1 is 1.07 bits per heavy atom. The molecule has 1 atom stereocenters. The van der Waals surface area contributed by atoms with E-state index in [2.05, 4.69) is 15.1 Å². The quantitative estimate of drug-likeness (QED) is 0.812.